The Bertz CT molecular complexity index is 567. The van der Waals surface area contributed by atoms with E-state index in [0.29, 0.717) is 13.0 Å². The lowest BCUT2D eigenvalue weighted by molar-refractivity contribution is 0.210. The minimum Gasteiger partial charge on any atom is -0.309 e. The van der Waals surface area contributed by atoms with Crippen molar-refractivity contribution in [1.29, 1.82) is 0 Å². The van der Waals surface area contributed by atoms with Crippen molar-refractivity contribution in [1.82, 2.24) is 5.32 Å². The van der Waals surface area contributed by atoms with Crippen LogP contribution in [0.1, 0.15) is 43.9 Å². The second-order valence-corrected chi connectivity index (χ2v) is 8.03. The summed E-state index contributed by atoms with van der Waals surface area (Å²) in [5.41, 5.74) is 2.92. The Morgan fingerprint density at radius 2 is 2.05 bits per heavy atom. The molecule has 1 aromatic carbocycles. The molecule has 0 spiro atoms. The van der Waals surface area contributed by atoms with Crippen molar-refractivity contribution < 1.29 is 8.42 Å². The number of benzene rings is 1. The average molecular weight is 296 g/mol. The van der Waals surface area contributed by atoms with Crippen LogP contribution >= 0.6 is 0 Å². The standard InChI is InChI=1S/C15H24N2O2S/c1-15(2)9-8-12-6-3-4-7-13(12)14(15)17-10-5-11-20(16,18)19/h3-4,6-7,14,17H,5,8-11H2,1-2H3,(H2,16,18,19). The Balaban J connectivity index is 2.05. The Labute approximate surface area is 121 Å². The maximum absolute atomic E-state index is 11.0. The summed E-state index contributed by atoms with van der Waals surface area (Å²) in [5, 5.41) is 8.55. The van der Waals surface area contributed by atoms with Gasteiger partial charge in [-0.25, -0.2) is 13.6 Å². The lowest BCUT2D eigenvalue weighted by Gasteiger charge is -2.40. The highest BCUT2D eigenvalue weighted by Crippen LogP contribution is 2.43. The number of hydrogen-bond donors (Lipinski definition) is 2. The van der Waals surface area contributed by atoms with Crippen molar-refractivity contribution in [3.8, 4) is 0 Å². The zero-order valence-electron chi connectivity index (χ0n) is 12.2. The predicted octanol–water partition coefficient (Wildman–Crippen LogP) is 1.97. The summed E-state index contributed by atoms with van der Waals surface area (Å²) in [6.45, 7) is 5.19. The van der Waals surface area contributed by atoms with Crippen LogP contribution in [0.2, 0.25) is 0 Å². The summed E-state index contributed by atoms with van der Waals surface area (Å²) in [4.78, 5) is 0. The third-order valence-electron chi connectivity index (χ3n) is 4.14. The Morgan fingerprint density at radius 1 is 1.35 bits per heavy atom. The molecule has 20 heavy (non-hydrogen) atoms. The molecule has 0 radical (unpaired) electrons. The highest BCUT2D eigenvalue weighted by Gasteiger charge is 2.35. The van der Waals surface area contributed by atoms with Gasteiger partial charge in [0.05, 0.1) is 5.75 Å². The van der Waals surface area contributed by atoms with Gasteiger partial charge in [0.25, 0.3) is 0 Å². The average Bonchev–Trinajstić information content (AvgIpc) is 2.35. The first-order chi connectivity index (χ1) is 9.30. The number of sulfonamides is 1. The third kappa shape index (κ3) is 3.81. The smallest absolute Gasteiger partial charge is 0.209 e. The van der Waals surface area contributed by atoms with Crippen molar-refractivity contribution in [2.24, 2.45) is 10.6 Å². The molecule has 4 nitrogen and oxygen atoms in total. The van der Waals surface area contributed by atoms with Crippen molar-refractivity contribution in [2.75, 3.05) is 12.3 Å². The maximum Gasteiger partial charge on any atom is 0.209 e. The van der Waals surface area contributed by atoms with Gasteiger partial charge in [0.2, 0.25) is 10.0 Å². The minimum atomic E-state index is -3.36. The molecule has 1 aliphatic rings. The fourth-order valence-corrected chi connectivity index (χ4v) is 3.52. The van der Waals surface area contributed by atoms with Crippen LogP contribution in [-0.4, -0.2) is 20.7 Å². The first kappa shape index (κ1) is 15.5. The van der Waals surface area contributed by atoms with Crippen LogP contribution in [0.15, 0.2) is 24.3 Å². The number of rotatable bonds is 5. The fourth-order valence-electron chi connectivity index (χ4n) is 2.97. The zero-order valence-corrected chi connectivity index (χ0v) is 13.0. The number of nitrogens with two attached hydrogens (primary N) is 1. The van der Waals surface area contributed by atoms with Gasteiger partial charge in [-0.2, -0.15) is 0 Å². The molecule has 0 saturated heterocycles. The van der Waals surface area contributed by atoms with Crippen LogP contribution in [0.4, 0.5) is 0 Å². The molecule has 0 amide bonds. The molecule has 112 valence electrons. The molecule has 0 saturated carbocycles. The number of primary sulfonamides is 1. The van der Waals surface area contributed by atoms with Crippen LogP contribution < -0.4 is 10.5 Å². The quantitative estimate of drug-likeness (QED) is 0.816. The van der Waals surface area contributed by atoms with Crippen LogP contribution in [0.5, 0.6) is 0 Å². The normalized spacial score (nSPS) is 21.4. The first-order valence-electron chi connectivity index (χ1n) is 7.11. The number of nitrogens with one attached hydrogen (secondary N) is 1. The number of aryl methyl sites for hydroxylation is 1. The summed E-state index contributed by atoms with van der Waals surface area (Å²) in [7, 11) is -3.36. The van der Waals surface area contributed by atoms with Crippen molar-refractivity contribution in [3.05, 3.63) is 35.4 Å². The van der Waals surface area contributed by atoms with E-state index < -0.39 is 10.0 Å². The van der Waals surface area contributed by atoms with Gasteiger partial charge >= 0.3 is 0 Å². The summed E-state index contributed by atoms with van der Waals surface area (Å²) in [6, 6.07) is 8.78. The van der Waals surface area contributed by atoms with E-state index >= 15 is 0 Å². The van der Waals surface area contributed by atoms with Gasteiger partial charge in [0.15, 0.2) is 0 Å². The molecule has 2 rings (SSSR count). The molecular formula is C15H24N2O2S. The van der Waals surface area contributed by atoms with E-state index in [1.165, 1.54) is 11.1 Å². The first-order valence-corrected chi connectivity index (χ1v) is 8.83. The van der Waals surface area contributed by atoms with E-state index in [4.69, 9.17) is 5.14 Å². The van der Waals surface area contributed by atoms with Gasteiger partial charge < -0.3 is 5.32 Å². The van der Waals surface area contributed by atoms with Gasteiger partial charge in [-0.15, -0.1) is 0 Å². The Hall–Kier alpha value is -0.910. The second-order valence-electron chi connectivity index (χ2n) is 6.30. The minimum absolute atomic E-state index is 0.0365. The summed E-state index contributed by atoms with van der Waals surface area (Å²) >= 11 is 0. The molecule has 1 atom stereocenters. The highest BCUT2D eigenvalue weighted by molar-refractivity contribution is 7.89. The van der Waals surface area contributed by atoms with Gasteiger partial charge in [0, 0.05) is 6.04 Å². The van der Waals surface area contributed by atoms with E-state index in [2.05, 4.69) is 43.4 Å². The monoisotopic (exact) mass is 296 g/mol. The molecule has 5 heteroatoms. The van der Waals surface area contributed by atoms with Crippen molar-refractivity contribution >= 4 is 10.0 Å². The fraction of sp³-hybridized carbons (Fsp3) is 0.600. The van der Waals surface area contributed by atoms with Gasteiger partial charge in [-0.05, 0) is 42.3 Å². The van der Waals surface area contributed by atoms with Gasteiger partial charge in [-0.1, -0.05) is 38.1 Å². The van der Waals surface area contributed by atoms with Crippen LogP contribution in [0.25, 0.3) is 0 Å². The highest BCUT2D eigenvalue weighted by atomic mass is 32.2. The lowest BCUT2D eigenvalue weighted by atomic mass is 9.70. The van der Waals surface area contributed by atoms with Crippen LogP contribution in [0, 0.1) is 5.41 Å². The largest absolute Gasteiger partial charge is 0.309 e. The SMILES string of the molecule is CC1(C)CCc2ccccc2C1NCCCS(N)(=O)=O. The zero-order chi connectivity index (χ0) is 14.8. The molecule has 0 heterocycles. The van der Waals surface area contributed by atoms with Gasteiger partial charge in [-0.3, -0.25) is 0 Å². The maximum atomic E-state index is 11.0. The second kappa shape index (κ2) is 5.84. The molecule has 0 fully saturated rings. The van der Waals surface area contributed by atoms with E-state index in [9.17, 15) is 8.42 Å². The molecule has 0 aromatic heterocycles. The van der Waals surface area contributed by atoms with Gasteiger partial charge in [0.1, 0.15) is 0 Å². The van der Waals surface area contributed by atoms with E-state index in [1.54, 1.807) is 0 Å². The molecular weight excluding hydrogens is 272 g/mol. The summed E-state index contributed by atoms with van der Waals surface area (Å²) in [6.07, 6.45) is 2.79. The van der Waals surface area contributed by atoms with E-state index in [-0.39, 0.29) is 17.2 Å². The van der Waals surface area contributed by atoms with E-state index in [1.807, 2.05) is 0 Å². The van der Waals surface area contributed by atoms with E-state index in [0.717, 1.165) is 12.8 Å². The molecule has 1 aromatic rings. The number of fused-ring (bicyclic) bond motifs is 1. The Kier molecular flexibility index (Phi) is 4.52. The molecule has 1 aliphatic carbocycles. The van der Waals surface area contributed by atoms with Crippen LogP contribution in [-0.2, 0) is 16.4 Å². The topological polar surface area (TPSA) is 72.2 Å². The summed E-state index contributed by atoms with van der Waals surface area (Å²) < 4.78 is 21.9. The summed E-state index contributed by atoms with van der Waals surface area (Å²) in [5.74, 6) is 0.0365. The number of hydrogen-bond acceptors (Lipinski definition) is 3. The molecule has 0 bridgehead atoms. The van der Waals surface area contributed by atoms with Crippen LogP contribution in [0.3, 0.4) is 0 Å². The Morgan fingerprint density at radius 3 is 2.75 bits per heavy atom. The molecule has 3 N–H and O–H groups in total. The predicted molar refractivity (Wildman–Crippen MR) is 81.9 cm³/mol. The van der Waals surface area contributed by atoms with Crippen molar-refractivity contribution in [3.63, 3.8) is 0 Å². The molecule has 1 unspecified atom stereocenters. The lowest BCUT2D eigenvalue weighted by Crippen LogP contribution is -2.39. The van der Waals surface area contributed by atoms with Crippen molar-refractivity contribution in [2.45, 2.75) is 39.2 Å². The molecule has 0 aliphatic heterocycles. The third-order valence-corrected chi connectivity index (χ3v) is 5.00.